The van der Waals surface area contributed by atoms with E-state index in [0.29, 0.717) is 31.0 Å². The summed E-state index contributed by atoms with van der Waals surface area (Å²) in [4.78, 5) is 24.0. The van der Waals surface area contributed by atoms with E-state index in [-0.39, 0.29) is 11.6 Å². The minimum absolute atomic E-state index is 0.0672. The molecule has 0 atom stereocenters. The Kier molecular flexibility index (Phi) is 5.35. The maximum Gasteiger partial charge on any atom is 0.313 e. The summed E-state index contributed by atoms with van der Waals surface area (Å²) in [6, 6.07) is 3.18. The summed E-state index contributed by atoms with van der Waals surface area (Å²) in [6.45, 7) is 4.66. The number of amides is 1. The molecule has 2 rings (SSSR count). The lowest BCUT2D eigenvalue weighted by Gasteiger charge is -2.15. The summed E-state index contributed by atoms with van der Waals surface area (Å²) >= 11 is 0. The van der Waals surface area contributed by atoms with Gasteiger partial charge in [-0.2, -0.15) is 0 Å². The number of fused-ring (bicyclic) bond motifs is 1. The van der Waals surface area contributed by atoms with E-state index in [1.807, 2.05) is 0 Å². The predicted octanol–water partition coefficient (Wildman–Crippen LogP) is 3.46. The summed E-state index contributed by atoms with van der Waals surface area (Å²) in [7, 11) is 0. The lowest BCUT2D eigenvalue weighted by molar-refractivity contribution is -0.385. The van der Waals surface area contributed by atoms with Gasteiger partial charge in [-0.05, 0) is 24.5 Å². The van der Waals surface area contributed by atoms with E-state index in [4.69, 9.17) is 4.74 Å². The molecular weight excluding hydrogens is 284 g/mol. The Bertz CT molecular complexity index is 572. The monoisotopic (exact) mass is 306 g/mol. The first kappa shape index (κ1) is 16.3. The van der Waals surface area contributed by atoms with E-state index in [2.05, 4.69) is 6.92 Å². The van der Waals surface area contributed by atoms with Gasteiger partial charge in [0.25, 0.3) is 0 Å². The van der Waals surface area contributed by atoms with Crippen LogP contribution in [0.3, 0.4) is 0 Å². The van der Waals surface area contributed by atoms with Crippen molar-refractivity contribution < 1.29 is 14.5 Å². The van der Waals surface area contributed by atoms with Crippen LogP contribution in [0, 0.1) is 10.1 Å². The number of rotatable bonds is 7. The van der Waals surface area contributed by atoms with Gasteiger partial charge in [0, 0.05) is 19.5 Å². The lowest BCUT2D eigenvalue weighted by atomic mass is 10.1. The molecule has 6 nitrogen and oxygen atoms in total. The number of anilines is 1. The van der Waals surface area contributed by atoms with Gasteiger partial charge in [0.05, 0.1) is 17.2 Å². The minimum atomic E-state index is -0.446. The van der Waals surface area contributed by atoms with Crippen LogP contribution >= 0.6 is 0 Å². The molecule has 1 amide bonds. The summed E-state index contributed by atoms with van der Waals surface area (Å²) in [5.41, 5.74) is 1.50. The van der Waals surface area contributed by atoms with Crippen molar-refractivity contribution in [2.75, 3.05) is 18.1 Å². The highest BCUT2D eigenvalue weighted by atomic mass is 16.6. The average molecular weight is 306 g/mol. The Morgan fingerprint density at radius 1 is 1.36 bits per heavy atom. The molecular formula is C16H22N2O4. The van der Waals surface area contributed by atoms with E-state index >= 15 is 0 Å². The number of hydrogen-bond acceptors (Lipinski definition) is 4. The van der Waals surface area contributed by atoms with Gasteiger partial charge in [-0.1, -0.05) is 26.2 Å². The second-order valence-electron chi connectivity index (χ2n) is 5.54. The zero-order chi connectivity index (χ0) is 16.1. The van der Waals surface area contributed by atoms with Gasteiger partial charge >= 0.3 is 5.69 Å². The molecule has 0 unspecified atom stereocenters. The van der Waals surface area contributed by atoms with Crippen molar-refractivity contribution in [3.05, 3.63) is 27.8 Å². The lowest BCUT2D eigenvalue weighted by Crippen LogP contribution is -2.25. The molecule has 0 bridgehead atoms. The van der Waals surface area contributed by atoms with Crippen LogP contribution < -0.4 is 9.64 Å². The Balaban J connectivity index is 2.16. The van der Waals surface area contributed by atoms with Crippen molar-refractivity contribution >= 4 is 17.3 Å². The third-order valence-corrected chi connectivity index (χ3v) is 3.89. The third-order valence-electron chi connectivity index (χ3n) is 3.89. The Morgan fingerprint density at radius 2 is 2.14 bits per heavy atom. The standard InChI is InChI=1S/C16H22N2O4/c1-3-4-5-6-9-22-16-10-13-7-8-17(12(2)19)14(13)11-15(16)18(20)21/h10-11H,3-9H2,1-2H3. The quantitative estimate of drug-likeness (QED) is 0.439. The normalized spacial score (nSPS) is 13.1. The van der Waals surface area contributed by atoms with E-state index in [9.17, 15) is 14.9 Å². The van der Waals surface area contributed by atoms with Crippen LogP contribution in [0.5, 0.6) is 5.75 Å². The molecule has 1 aliphatic heterocycles. The van der Waals surface area contributed by atoms with E-state index < -0.39 is 4.92 Å². The van der Waals surface area contributed by atoms with Gasteiger partial charge in [0.2, 0.25) is 5.91 Å². The van der Waals surface area contributed by atoms with Gasteiger partial charge < -0.3 is 9.64 Å². The number of benzene rings is 1. The molecule has 0 aromatic heterocycles. The second kappa shape index (κ2) is 7.24. The van der Waals surface area contributed by atoms with Crippen molar-refractivity contribution in [3.8, 4) is 5.75 Å². The van der Waals surface area contributed by atoms with Gasteiger partial charge in [-0.3, -0.25) is 14.9 Å². The highest BCUT2D eigenvalue weighted by molar-refractivity contribution is 5.94. The van der Waals surface area contributed by atoms with Crippen LogP contribution in [0.1, 0.15) is 45.1 Å². The number of carbonyl (C=O) groups excluding carboxylic acids is 1. The third kappa shape index (κ3) is 3.55. The highest BCUT2D eigenvalue weighted by Crippen LogP contribution is 2.38. The summed E-state index contributed by atoms with van der Waals surface area (Å²) < 4.78 is 5.62. The Hall–Kier alpha value is -2.11. The van der Waals surface area contributed by atoms with Crippen LogP contribution in [0.15, 0.2) is 12.1 Å². The number of nitro benzene ring substituents is 1. The highest BCUT2D eigenvalue weighted by Gasteiger charge is 2.28. The van der Waals surface area contributed by atoms with Crippen LogP contribution in [0.25, 0.3) is 0 Å². The molecule has 22 heavy (non-hydrogen) atoms. The van der Waals surface area contributed by atoms with Crippen LogP contribution in [0.4, 0.5) is 11.4 Å². The van der Waals surface area contributed by atoms with Crippen LogP contribution in [0.2, 0.25) is 0 Å². The minimum Gasteiger partial charge on any atom is -0.487 e. The zero-order valence-electron chi connectivity index (χ0n) is 13.1. The van der Waals surface area contributed by atoms with Gasteiger partial charge in [0.1, 0.15) is 0 Å². The molecule has 0 radical (unpaired) electrons. The molecule has 0 spiro atoms. The van der Waals surface area contributed by atoms with Gasteiger partial charge in [-0.25, -0.2) is 0 Å². The summed E-state index contributed by atoms with van der Waals surface area (Å²) in [6.07, 6.45) is 4.94. The van der Waals surface area contributed by atoms with Gasteiger partial charge in [-0.15, -0.1) is 0 Å². The van der Waals surface area contributed by atoms with Crippen molar-refractivity contribution in [3.63, 3.8) is 0 Å². The van der Waals surface area contributed by atoms with Crippen molar-refractivity contribution in [1.29, 1.82) is 0 Å². The molecule has 6 heteroatoms. The van der Waals surface area contributed by atoms with Gasteiger partial charge in [0.15, 0.2) is 5.75 Å². The Morgan fingerprint density at radius 3 is 2.77 bits per heavy atom. The molecule has 120 valence electrons. The number of hydrogen-bond donors (Lipinski definition) is 0. The van der Waals surface area contributed by atoms with Crippen molar-refractivity contribution in [2.45, 2.75) is 46.0 Å². The summed E-state index contributed by atoms with van der Waals surface area (Å²) in [5, 5.41) is 11.3. The maximum atomic E-state index is 11.6. The number of ether oxygens (including phenoxy) is 1. The first-order chi connectivity index (χ1) is 10.5. The zero-order valence-corrected chi connectivity index (χ0v) is 13.1. The molecule has 0 saturated heterocycles. The molecule has 1 heterocycles. The number of unbranched alkanes of at least 4 members (excludes halogenated alkanes) is 3. The molecule has 1 aliphatic rings. The first-order valence-electron chi connectivity index (χ1n) is 7.76. The fourth-order valence-corrected chi connectivity index (χ4v) is 2.70. The van der Waals surface area contributed by atoms with Crippen molar-refractivity contribution in [2.24, 2.45) is 0 Å². The predicted molar refractivity (Wildman–Crippen MR) is 84.5 cm³/mol. The molecule has 0 fully saturated rings. The molecule has 0 N–H and O–H groups in total. The molecule has 0 aliphatic carbocycles. The maximum absolute atomic E-state index is 11.6. The van der Waals surface area contributed by atoms with Crippen LogP contribution in [-0.4, -0.2) is 24.0 Å². The Labute approximate surface area is 130 Å². The number of nitrogens with zero attached hydrogens (tertiary/aromatic N) is 2. The molecule has 1 aromatic rings. The largest absolute Gasteiger partial charge is 0.487 e. The second-order valence-corrected chi connectivity index (χ2v) is 5.54. The van der Waals surface area contributed by atoms with Crippen molar-refractivity contribution in [1.82, 2.24) is 0 Å². The fraction of sp³-hybridized carbons (Fsp3) is 0.562. The number of nitro groups is 1. The average Bonchev–Trinajstić information content (AvgIpc) is 2.89. The van der Waals surface area contributed by atoms with E-state index in [1.54, 1.807) is 11.0 Å². The number of carbonyl (C=O) groups is 1. The first-order valence-corrected chi connectivity index (χ1v) is 7.76. The summed E-state index contributed by atoms with van der Waals surface area (Å²) in [5.74, 6) is 0.215. The van der Waals surface area contributed by atoms with E-state index in [0.717, 1.165) is 31.2 Å². The van der Waals surface area contributed by atoms with E-state index in [1.165, 1.54) is 13.0 Å². The molecule has 0 saturated carbocycles. The topological polar surface area (TPSA) is 72.7 Å². The fourth-order valence-electron chi connectivity index (χ4n) is 2.70. The van der Waals surface area contributed by atoms with Crippen LogP contribution in [-0.2, 0) is 11.2 Å². The molecule has 1 aromatic carbocycles. The SMILES string of the molecule is CCCCCCOc1cc2c(cc1[N+](=O)[O-])N(C(C)=O)CC2. The smallest absolute Gasteiger partial charge is 0.313 e.